The molecule has 0 aromatic carbocycles. The Bertz CT molecular complexity index is 503. The van der Waals surface area contributed by atoms with E-state index in [0.717, 1.165) is 17.8 Å². The number of fused-ring (bicyclic) bond motifs is 1. The Morgan fingerprint density at radius 3 is 3.31 bits per heavy atom. The van der Waals surface area contributed by atoms with Gasteiger partial charge in [-0.1, -0.05) is 0 Å². The summed E-state index contributed by atoms with van der Waals surface area (Å²) in [6, 6.07) is 0. The van der Waals surface area contributed by atoms with Crippen molar-refractivity contribution in [3.63, 3.8) is 0 Å². The first-order valence-corrected chi connectivity index (χ1v) is 5.03. The van der Waals surface area contributed by atoms with Crippen LogP contribution in [0.2, 0.25) is 0 Å². The summed E-state index contributed by atoms with van der Waals surface area (Å²) in [5.41, 5.74) is 2.04. The van der Waals surface area contributed by atoms with Crippen LogP contribution >= 0.6 is 0 Å². The van der Waals surface area contributed by atoms with Crippen LogP contribution in [0.5, 0.6) is 0 Å². The summed E-state index contributed by atoms with van der Waals surface area (Å²) in [4.78, 5) is 24.6. The molecule has 0 spiro atoms. The van der Waals surface area contributed by atoms with Crippen molar-refractivity contribution in [3.8, 4) is 0 Å². The summed E-state index contributed by atoms with van der Waals surface area (Å²) >= 11 is 0. The van der Waals surface area contributed by atoms with E-state index in [1.54, 1.807) is 11.2 Å². The zero-order valence-electron chi connectivity index (χ0n) is 8.51. The lowest BCUT2D eigenvalue weighted by molar-refractivity contribution is 0.0699. The standard InChI is InChI=1S/C10H10N4O2/c15-10(9-3-11-6-16-9)14-2-1-7-8(4-14)13-5-12-7/h3,5-6H,1-2,4H2,(H,12,13). The number of aromatic nitrogens is 3. The highest BCUT2D eigenvalue weighted by Gasteiger charge is 2.24. The fraction of sp³-hybridized carbons (Fsp3) is 0.300. The minimum absolute atomic E-state index is 0.127. The molecule has 0 bridgehead atoms. The number of amides is 1. The van der Waals surface area contributed by atoms with E-state index in [4.69, 9.17) is 4.42 Å². The van der Waals surface area contributed by atoms with E-state index >= 15 is 0 Å². The van der Waals surface area contributed by atoms with Gasteiger partial charge < -0.3 is 14.3 Å². The van der Waals surface area contributed by atoms with Crippen LogP contribution in [-0.4, -0.2) is 32.3 Å². The van der Waals surface area contributed by atoms with Crippen molar-refractivity contribution >= 4 is 5.91 Å². The van der Waals surface area contributed by atoms with Crippen LogP contribution in [-0.2, 0) is 13.0 Å². The molecule has 82 valence electrons. The van der Waals surface area contributed by atoms with Crippen molar-refractivity contribution in [1.29, 1.82) is 0 Å². The van der Waals surface area contributed by atoms with Crippen LogP contribution in [0, 0.1) is 0 Å². The Labute approximate surface area is 91.3 Å². The number of nitrogens with zero attached hydrogens (tertiary/aromatic N) is 3. The molecule has 1 N–H and O–H groups in total. The maximum atomic E-state index is 12.0. The predicted octanol–water partition coefficient (Wildman–Crippen LogP) is 0.596. The lowest BCUT2D eigenvalue weighted by Crippen LogP contribution is -2.35. The molecule has 2 aromatic heterocycles. The third-order valence-corrected chi connectivity index (χ3v) is 2.71. The van der Waals surface area contributed by atoms with E-state index in [1.165, 1.54) is 12.6 Å². The SMILES string of the molecule is O=C(c1cnco1)N1CCc2nc[nH]c2C1. The quantitative estimate of drug-likeness (QED) is 0.760. The van der Waals surface area contributed by atoms with Gasteiger partial charge in [0.15, 0.2) is 6.39 Å². The molecule has 0 atom stereocenters. The van der Waals surface area contributed by atoms with Crippen LogP contribution in [0.15, 0.2) is 23.3 Å². The second kappa shape index (κ2) is 3.48. The minimum Gasteiger partial charge on any atom is -0.438 e. The Kier molecular flexibility index (Phi) is 1.99. The topological polar surface area (TPSA) is 75.0 Å². The number of rotatable bonds is 1. The van der Waals surface area contributed by atoms with Crippen LogP contribution < -0.4 is 0 Å². The Balaban J connectivity index is 1.81. The molecule has 0 saturated carbocycles. The molecule has 3 heterocycles. The molecule has 1 aliphatic rings. The number of nitrogens with one attached hydrogen (secondary N) is 1. The summed E-state index contributed by atoms with van der Waals surface area (Å²) in [7, 11) is 0. The van der Waals surface area contributed by atoms with Gasteiger partial charge in [-0.15, -0.1) is 0 Å². The molecule has 0 aliphatic carbocycles. The van der Waals surface area contributed by atoms with E-state index in [0.29, 0.717) is 13.1 Å². The van der Waals surface area contributed by atoms with Gasteiger partial charge in [-0.3, -0.25) is 4.79 Å². The van der Waals surface area contributed by atoms with Gasteiger partial charge in [0.2, 0.25) is 5.76 Å². The van der Waals surface area contributed by atoms with E-state index in [9.17, 15) is 4.79 Å². The Morgan fingerprint density at radius 1 is 1.56 bits per heavy atom. The zero-order valence-corrected chi connectivity index (χ0v) is 8.51. The smallest absolute Gasteiger partial charge is 0.291 e. The molecule has 0 unspecified atom stereocenters. The predicted molar refractivity (Wildman–Crippen MR) is 53.5 cm³/mol. The number of hydrogen-bond acceptors (Lipinski definition) is 4. The van der Waals surface area contributed by atoms with E-state index in [1.807, 2.05) is 0 Å². The van der Waals surface area contributed by atoms with Crippen LogP contribution in [0.4, 0.5) is 0 Å². The van der Waals surface area contributed by atoms with Crippen molar-refractivity contribution < 1.29 is 9.21 Å². The van der Waals surface area contributed by atoms with Gasteiger partial charge in [-0.25, -0.2) is 9.97 Å². The molecule has 1 aliphatic heterocycles. The molecule has 0 saturated heterocycles. The molecule has 2 aromatic rings. The molecule has 0 fully saturated rings. The highest BCUT2D eigenvalue weighted by molar-refractivity contribution is 5.91. The summed E-state index contributed by atoms with van der Waals surface area (Å²) in [5.74, 6) is 0.153. The van der Waals surface area contributed by atoms with Gasteiger partial charge >= 0.3 is 0 Å². The summed E-state index contributed by atoms with van der Waals surface area (Å²) < 4.78 is 4.99. The Hall–Kier alpha value is -2.11. The number of carbonyl (C=O) groups excluding carboxylic acids is 1. The molecule has 0 radical (unpaired) electrons. The second-order valence-electron chi connectivity index (χ2n) is 3.67. The number of H-pyrrole nitrogens is 1. The number of imidazole rings is 1. The summed E-state index contributed by atoms with van der Waals surface area (Å²) in [6.45, 7) is 1.21. The van der Waals surface area contributed by atoms with Gasteiger partial charge in [0.05, 0.1) is 30.5 Å². The van der Waals surface area contributed by atoms with Crippen molar-refractivity contribution in [2.45, 2.75) is 13.0 Å². The molecular weight excluding hydrogens is 208 g/mol. The largest absolute Gasteiger partial charge is 0.438 e. The number of aromatic amines is 1. The zero-order chi connectivity index (χ0) is 11.0. The van der Waals surface area contributed by atoms with Gasteiger partial charge in [0.1, 0.15) is 0 Å². The van der Waals surface area contributed by atoms with Crippen molar-refractivity contribution in [1.82, 2.24) is 19.9 Å². The van der Waals surface area contributed by atoms with Crippen molar-refractivity contribution in [2.75, 3.05) is 6.54 Å². The molecule has 1 amide bonds. The maximum absolute atomic E-state index is 12.0. The summed E-state index contributed by atoms with van der Waals surface area (Å²) in [5, 5.41) is 0. The van der Waals surface area contributed by atoms with Gasteiger partial charge in [-0.05, 0) is 0 Å². The molecule has 6 nitrogen and oxygen atoms in total. The minimum atomic E-state index is -0.127. The summed E-state index contributed by atoms with van der Waals surface area (Å²) in [6.07, 6.45) is 5.13. The Morgan fingerprint density at radius 2 is 2.50 bits per heavy atom. The fourth-order valence-corrected chi connectivity index (χ4v) is 1.86. The molecule has 3 rings (SSSR count). The van der Waals surface area contributed by atoms with Crippen molar-refractivity contribution in [2.24, 2.45) is 0 Å². The first-order valence-electron chi connectivity index (χ1n) is 5.03. The average Bonchev–Trinajstić information content (AvgIpc) is 2.98. The van der Waals surface area contributed by atoms with Gasteiger partial charge in [0.25, 0.3) is 5.91 Å². The molecule has 6 heteroatoms. The first-order chi connectivity index (χ1) is 7.84. The lowest BCUT2D eigenvalue weighted by atomic mass is 10.1. The van der Waals surface area contributed by atoms with Crippen LogP contribution in [0.3, 0.4) is 0 Å². The van der Waals surface area contributed by atoms with Crippen molar-refractivity contribution in [3.05, 3.63) is 36.1 Å². The van der Waals surface area contributed by atoms with Gasteiger partial charge in [0, 0.05) is 13.0 Å². The van der Waals surface area contributed by atoms with Crippen LogP contribution in [0.1, 0.15) is 21.9 Å². The average molecular weight is 218 g/mol. The van der Waals surface area contributed by atoms with Gasteiger partial charge in [-0.2, -0.15) is 0 Å². The third-order valence-electron chi connectivity index (χ3n) is 2.71. The number of carbonyl (C=O) groups is 1. The lowest BCUT2D eigenvalue weighted by Gasteiger charge is -2.25. The highest BCUT2D eigenvalue weighted by Crippen LogP contribution is 2.16. The highest BCUT2D eigenvalue weighted by atomic mass is 16.3. The molecular formula is C10H10N4O2. The fourth-order valence-electron chi connectivity index (χ4n) is 1.86. The first kappa shape index (κ1) is 9.14. The monoisotopic (exact) mass is 218 g/mol. The maximum Gasteiger partial charge on any atom is 0.291 e. The number of oxazole rings is 1. The van der Waals surface area contributed by atoms with Crippen LogP contribution in [0.25, 0.3) is 0 Å². The molecule has 16 heavy (non-hydrogen) atoms. The second-order valence-corrected chi connectivity index (χ2v) is 3.67. The number of hydrogen-bond donors (Lipinski definition) is 1. The van der Waals surface area contributed by atoms with E-state index in [2.05, 4.69) is 15.0 Å². The normalized spacial score (nSPS) is 14.9. The third kappa shape index (κ3) is 1.39. The van der Waals surface area contributed by atoms with E-state index in [-0.39, 0.29) is 11.7 Å². The van der Waals surface area contributed by atoms with E-state index < -0.39 is 0 Å².